The van der Waals surface area contributed by atoms with E-state index in [1.807, 2.05) is 6.08 Å². The van der Waals surface area contributed by atoms with Crippen molar-refractivity contribution in [3.63, 3.8) is 0 Å². The van der Waals surface area contributed by atoms with Gasteiger partial charge in [-0.1, -0.05) is 36.4 Å². The summed E-state index contributed by atoms with van der Waals surface area (Å²) in [6, 6.07) is 8.67. The van der Waals surface area contributed by atoms with Crippen LogP contribution in [0.15, 0.2) is 60.7 Å². The predicted octanol–water partition coefficient (Wildman–Crippen LogP) is 4.99. The molecule has 1 aliphatic carbocycles. The average Bonchev–Trinajstić information content (AvgIpc) is 2.95. The quantitative estimate of drug-likeness (QED) is 0.679. The summed E-state index contributed by atoms with van der Waals surface area (Å²) in [7, 11) is 1.44. The second kappa shape index (κ2) is 7.54. The maximum atomic E-state index is 13.8. The number of amides is 2. The largest absolute Gasteiger partial charge is 0.504 e. The van der Waals surface area contributed by atoms with Gasteiger partial charge in [0, 0.05) is 5.92 Å². The van der Waals surface area contributed by atoms with Crippen LogP contribution in [-0.2, 0) is 9.59 Å². The maximum absolute atomic E-state index is 13.8. The van der Waals surface area contributed by atoms with E-state index < -0.39 is 29.0 Å². The maximum Gasteiger partial charge on any atom is 0.241 e. The number of aromatic hydroxyl groups is 1. The number of imide groups is 1. The molecule has 2 aromatic rings. The van der Waals surface area contributed by atoms with Crippen LogP contribution in [0.3, 0.4) is 0 Å². The van der Waals surface area contributed by atoms with Crippen LogP contribution in [0.1, 0.15) is 24.8 Å². The first-order chi connectivity index (χ1) is 14.7. The second-order valence-corrected chi connectivity index (χ2v) is 8.33. The van der Waals surface area contributed by atoms with E-state index in [0.29, 0.717) is 12.0 Å². The Morgan fingerprint density at radius 3 is 2.68 bits per heavy atom. The van der Waals surface area contributed by atoms with Gasteiger partial charge in [-0.15, -0.1) is 0 Å². The van der Waals surface area contributed by atoms with Crippen LogP contribution in [0, 0.1) is 17.2 Å². The molecule has 7 heteroatoms. The lowest BCUT2D eigenvalue weighted by atomic mass is 9.60. The predicted molar refractivity (Wildman–Crippen MR) is 116 cm³/mol. The van der Waals surface area contributed by atoms with Gasteiger partial charge < -0.3 is 9.84 Å². The lowest BCUT2D eigenvalue weighted by molar-refractivity contribution is -0.127. The van der Waals surface area contributed by atoms with E-state index in [-0.39, 0.29) is 28.1 Å². The summed E-state index contributed by atoms with van der Waals surface area (Å²) in [6.07, 6.45) is 3.97. The van der Waals surface area contributed by atoms with Crippen LogP contribution in [-0.4, -0.2) is 24.0 Å². The van der Waals surface area contributed by atoms with Crippen LogP contribution in [0.2, 0.25) is 5.02 Å². The lowest BCUT2D eigenvalue weighted by Crippen LogP contribution is -2.41. The highest BCUT2D eigenvalue weighted by atomic mass is 35.5. The summed E-state index contributed by atoms with van der Waals surface area (Å²) in [5, 5.41) is 9.85. The number of allylic oxidation sites excluding steroid dienone is 3. The Morgan fingerprint density at radius 1 is 1.29 bits per heavy atom. The van der Waals surface area contributed by atoms with Crippen molar-refractivity contribution in [3.8, 4) is 11.5 Å². The number of nitrogens with zero attached hydrogens (tertiary/aromatic N) is 1. The van der Waals surface area contributed by atoms with Gasteiger partial charge in [0.2, 0.25) is 11.8 Å². The number of benzene rings is 2. The van der Waals surface area contributed by atoms with Gasteiger partial charge in [0.25, 0.3) is 0 Å². The van der Waals surface area contributed by atoms with Gasteiger partial charge in [0.1, 0.15) is 5.82 Å². The molecular weight excluding hydrogens is 421 g/mol. The molecule has 5 nitrogen and oxygen atoms in total. The molecule has 1 heterocycles. The third-order valence-corrected chi connectivity index (χ3v) is 6.65. The Morgan fingerprint density at radius 2 is 2.03 bits per heavy atom. The molecule has 2 aliphatic rings. The zero-order valence-electron chi connectivity index (χ0n) is 17.1. The normalized spacial score (nSPS) is 25.3. The lowest BCUT2D eigenvalue weighted by Gasteiger charge is -2.40. The number of phenols is 1. The SMILES string of the molecule is C=CC1=CC[C@H]2C(=O)N(c3ccc(F)c(Cl)c3)C(=O)[C@@]2(C)[C@H]1c1ccc(O)c(OC)c1. The topological polar surface area (TPSA) is 66.8 Å². The van der Waals surface area contributed by atoms with Crippen molar-refractivity contribution in [1.29, 1.82) is 0 Å². The number of carbonyl (C=O) groups is 2. The molecule has 0 spiro atoms. The fourth-order valence-corrected chi connectivity index (χ4v) is 4.95. The second-order valence-electron chi connectivity index (χ2n) is 7.92. The zero-order chi connectivity index (χ0) is 22.5. The van der Waals surface area contributed by atoms with Gasteiger partial charge in [-0.2, -0.15) is 0 Å². The van der Waals surface area contributed by atoms with Crippen LogP contribution >= 0.6 is 11.6 Å². The Kier molecular flexibility index (Phi) is 5.13. The molecule has 1 N–H and O–H groups in total. The van der Waals surface area contributed by atoms with E-state index in [4.69, 9.17) is 16.3 Å². The van der Waals surface area contributed by atoms with E-state index in [9.17, 15) is 19.1 Å². The van der Waals surface area contributed by atoms with Gasteiger partial charge in [-0.25, -0.2) is 9.29 Å². The van der Waals surface area contributed by atoms with Gasteiger partial charge in [-0.3, -0.25) is 9.59 Å². The summed E-state index contributed by atoms with van der Waals surface area (Å²) in [4.78, 5) is 28.2. The molecule has 2 amide bonds. The first-order valence-electron chi connectivity index (χ1n) is 9.76. The first kappa shape index (κ1) is 21.1. The molecule has 2 aromatic carbocycles. The standard InChI is InChI=1S/C24H21ClFNO4/c1-4-13-5-8-16-22(29)27(15-7-9-18(26)17(25)12-15)23(30)24(16,2)21(13)14-6-10-19(28)20(11-14)31-3/h4-7,9-12,16,21,28H,1,8H2,2-3H3/t16-,21+,24+/m0/s1. The molecular formula is C24H21ClFNO4. The highest BCUT2D eigenvalue weighted by Crippen LogP contribution is 2.57. The fourth-order valence-electron chi connectivity index (χ4n) is 4.77. The number of hydrogen-bond acceptors (Lipinski definition) is 4. The van der Waals surface area contributed by atoms with E-state index in [0.717, 1.165) is 16.5 Å². The molecule has 31 heavy (non-hydrogen) atoms. The molecule has 4 rings (SSSR count). The third kappa shape index (κ3) is 3.05. The van der Waals surface area contributed by atoms with Crippen molar-refractivity contribution in [3.05, 3.63) is 77.1 Å². The summed E-state index contributed by atoms with van der Waals surface area (Å²) < 4.78 is 18.9. The first-order valence-corrected chi connectivity index (χ1v) is 10.1. The van der Waals surface area contributed by atoms with Crippen molar-refractivity contribution in [2.75, 3.05) is 12.0 Å². The zero-order valence-corrected chi connectivity index (χ0v) is 17.8. The minimum absolute atomic E-state index is 0.0238. The molecule has 0 unspecified atom stereocenters. The molecule has 1 fully saturated rings. The number of halogens is 2. The molecule has 3 atom stereocenters. The fraction of sp³-hybridized carbons (Fsp3) is 0.250. The number of hydrogen-bond donors (Lipinski definition) is 1. The Labute approximate surface area is 184 Å². The summed E-state index contributed by atoms with van der Waals surface area (Å²) >= 11 is 5.91. The van der Waals surface area contributed by atoms with E-state index in [1.54, 1.807) is 25.1 Å². The molecule has 160 valence electrons. The van der Waals surface area contributed by atoms with Crippen molar-refractivity contribution in [1.82, 2.24) is 0 Å². The van der Waals surface area contributed by atoms with Crippen molar-refractivity contribution in [2.24, 2.45) is 11.3 Å². The third-order valence-electron chi connectivity index (χ3n) is 6.36. The van der Waals surface area contributed by atoms with Crippen LogP contribution in [0.5, 0.6) is 11.5 Å². The molecule has 0 aromatic heterocycles. The van der Waals surface area contributed by atoms with Crippen molar-refractivity contribution >= 4 is 29.1 Å². The number of ether oxygens (including phenoxy) is 1. The number of rotatable bonds is 4. The van der Waals surface area contributed by atoms with Crippen LogP contribution in [0.4, 0.5) is 10.1 Å². The molecule has 1 saturated heterocycles. The molecule has 1 aliphatic heterocycles. The number of methoxy groups -OCH3 is 1. The van der Waals surface area contributed by atoms with E-state index in [2.05, 4.69) is 6.58 Å². The van der Waals surface area contributed by atoms with Gasteiger partial charge >= 0.3 is 0 Å². The van der Waals surface area contributed by atoms with E-state index >= 15 is 0 Å². The van der Waals surface area contributed by atoms with Crippen LogP contribution in [0.25, 0.3) is 0 Å². The minimum Gasteiger partial charge on any atom is -0.504 e. The number of phenolic OH excluding ortho intramolecular Hbond substituents is 1. The summed E-state index contributed by atoms with van der Waals surface area (Å²) in [5.74, 6) is -2.24. The molecule has 0 saturated carbocycles. The summed E-state index contributed by atoms with van der Waals surface area (Å²) in [5.41, 5.74) is 0.650. The Balaban J connectivity index is 1.87. The number of anilines is 1. The number of fused-ring (bicyclic) bond motifs is 1. The Bertz CT molecular complexity index is 1140. The molecule has 0 bridgehead atoms. The Hall–Kier alpha value is -3.12. The van der Waals surface area contributed by atoms with Gasteiger partial charge in [0.15, 0.2) is 11.5 Å². The minimum atomic E-state index is -1.11. The van der Waals surface area contributed by atoms with Crippen molar-refractivity contribution < 1.29 is 23.8 Å². The highest BCUT2D eigenvalue weighted by Gasteiger charge is 2.62. The number of carbonyl (C=O) groups excluding carboxylic acids is 2. The van der Waals surface area contributed by atoms with Crippen molar-refractivity contribution in [2.45, 2.75) is 19.3 Å². The summed E-state index contributed by atoms with van der Waals surface area (Å²) in [6.45, 7) is 5.66. The average molecular weight is 442 g/mol. The monoisotopic (exact) mass is 441 g/mol. The smallest absolute Gasteiger partial charge is 0.241 e. The van der Waals surface area contributed by atoms with E-state index in [1.165, 1.54) is 25.3 Å². The van der Waals surface area contributed by atoms with Gasteiger partial charge in [-0.05, 0) is 54.8 Å². The molecule has 0 radical (unpaired) electrons. The van der Waals surface area contributed by atoms with Gasteiger partial charge in [0.05, 0.1) is 29.2 Å². The highest BCUT2D eigenvalue weighted by molar-refractivity contribution is 6.31. The van der Waals surface area contributed by atoms with Crippen LogP contribution < -0.4 is 9.64 Å².